The summed E-state index contributed by atoms with van der Waals surface area (Å²) in [6.07, 6.45) is 5.02. The molecule has 6 bridgehead atoms. The Kier molecular flexibility index (Phi) is 17.5. The summed E-state index contributed by atoms with van der Waals surface area (Å²) in [6, 6.07) is 24.4. The fourth-order valence-corrected chi connectivity index (χ4v) is 12.2. The first-order chi connectivity index (χ1) is 35.9. The van der Waals surface area contributed by atoms with Gasteiger partial charge in [0.05, 0.1) is 23.7 Å². The van der Waals surface area contributed by atoms with Crippen LogP contribution in [0.2, 0.25) is 5.82 Å². The average molecular weight is 1020 g/mol. The summed E-state index contributed by atoms with van der Waals surface area (Å²) < 4.78 is 25.8. The van der Waals surface area contributed by atoms with E-state index in [1.165, 1.54) is 17.5 Å². The smallest absolute Gasteiger partial charge is 0.461 e. The van der Waals surface area contributed by atoms with Crippen LogP contribution >= 0.6 is 0 Å². The second kappa shape index (κ2) is 23.7. The number of carbonyl (C=O) groups is 5. The van der Waals surface area contributed by atoms with Crippen molar-refractivity contribution in [3.05, 3.63) is 107 Å². The van der Waals surface area contributed by atoms with E-state index in [1.54, 1.807) is 43.3 Å². The molecule has 3 aliphatic carbocycles. The fraction of sp³-hybridized carbons (Fsp3) is 0.517. The summed E-state index contributed by atoms with van der Waals surface area (Å²) in [5, 5.41) is 3.03. The van der Waals surface area contributed by atoms with E-state index in [0.717, 1.165) is 48.8 Å². The zero-order chi connectivity index (χ0) is 53.8. The Morgan fingerprint density at radius 2 is 1.48 bits per heavy atom. The van der Waals surface area contributed by atoms with Gasteiger partial charge in [0.2, 0.25) is 11.8 Å². The Hall–Kier alpha value is -5.71. The topological polar surface area (TPSA) is 216 Å². The third-order valence-electron chi connectivity index (χ3n) is 16.9. The number of nitrogens with two attached hydrogens (primary N) is 3. The van der Waals surface area contributed by atoms with E-state index in [1.807, 2.05) is 31.2 Å². The molecule has 7 N–H and O–H groups in total. The minimum Gasteiger partial charge on any atom is -0.492 e. The zero-order valence-electron chi connectivity index (χ0n) is 45.0. The number of unbranched alkanes of at least 4 members (excludes halogenated alkanes) is 1. The molecule has 9 rings (SSSR count). The Balaban J connectivity index is 1.07. The highest BCUT2D eigenvalue weighted by Crippen LogP contribution is 2.66. The van der Waals surface area contributed by atoms with E-state index >= 15 is 0 Å². The van der Waals surface area contributed by atoms with Crippen LogP contribution < -0.4 is 32.0 Å². The third-order valence-corrected chi connectivity index (χ3v) is 16.9. The van der Waals surface area contributed by atoms with Crippen molar-refractivity contribution in [1.82, 2.24) is 10.2 Å². The molecule has 4 aromatic rings. The molecular weight excluding hydrogens is 945 g/mol. The maximum absolute atomic E-state index is 15.0. The zero-order valence-corrected chi connectivity index (χ0v) is 45.0. The minimum atomic E-state index is -1.22. The van der Waals surface area contributed by atoms with Crippen molar-refractivity contribution in [3.63, 3.8) is 0 Å². The number of nitrogens with zero attached hydrogens (tertiary/aromatic N) is 1. The van der Waals surface area contributed by atoms with Crippen molar-refractivity contribution in [1.29, 1.82) is 0 Å². The van der Waals surface area contributed by atoms with Crippen molar-refractivity contribution in [2.24, 2.45) is 46.3 Å². The lowest BCUT2D eigenvalue weighted by atomic mass is 9.43. The molecule has 14 nitrogen and oxygen atoms in total. The summed E-state index contributed by atoms with van der Waals surface area (Å²) in [5.41, 5.74) is 23.9. The average Bonchev–Trinajstić information content (AvgIpc) is 3.84. The van der Waals surface area contributed by atoms with Gasteiger partial charge in [-0.1, -0.05) is 102 Å². The molecule has 15 heteroatoms. The monoisotopic (exact) mass is 1020 g/mol. The Morgan fingerprint density at radius 3 is 2.11 bits per heavy atom. The number of aryl methyl sites for hydroxylation is 1. The molecule has 9 atom stereocenters. The van der Waals surface area contributed by atoms with Gasteiger partial charge in [0.25, 0.3) is 0 Å². The van der Waals surface area contributed by atoms with Crippen LogP contribution in [0.5, 0.6) is 11.5 Å². The van der Waals surface area contributed by atoms with Crippen LogP contribution in [0.25, 0.3) is 22.3 Å². The molecule has 2 aliphatic heterocycles. The van der Waals surface area contributed by atoms with E-state index in [9.17, 15) is 24.0 Å². The molecule has 0 aromatic heterocycles. The normalized spacial score (nSPS) is 24.7. The van der Waals surface area contributed by atoms with Crippen molar-refractivity contribution < 1.29 is 42.8 Å². The molecule has 0 spiro atoms. The number of ketones is 3. The Bertz CT molecular complexity index is 2710. The molecule has 4 aromatic carbocycles. The maximum Gasteiger partial charge on any atom is 0.461 e. The van der Waals surface area contributed by atoms with E-state index in [-0.39, 0.29) is 87.4 Å². The lowest BCUT2D eigenvalue weighted by Gasteiger charge is -2.64. The quantitative estimate of drug-likeness (QED) is 0.0488. The summed E-state index contributed by atoms with van der Waals surface area (Å²) in [5.74, 6) is -2.24. The molecule has 400 valence electrons. The van der Waals surface area contributed by atoms with Gasteiger partial charge >= 0.3 is 7.12 Å². The number of hydrogen-bond donors (Lipinski definition) is 4. The van der Waals surface area contributed by atoms with Crippen LogP contribution in [0.1, 0.15) is 120 Å². The molecule has 0 radical (unpaired) electrons. The van der Waals surface area contributed by atoms with Gasteiger partial charge in [-0.25, -0.2) is 0 Å². The number of benzene rings is 4. The lowest BCUT2D eigenvalue weighted by molar-refractivity contribution is -0.199. The van der Waals surface area contributed by atoms with Crippen molar-refractivity contribution in [2.45, 2.75) is 129 Å². The Morgan fingerprint density at radius 1 is 0.840 bits per heavy atom. The lowest BCUT2D eigenvalue weighted by Crippen LogP contribution is -2.65. The van der Waals surface area contributed by atoms with E-state index in [2.05, 4.69) is 57.3 Å². The SMILES string of the molecule is CCCCc1ccc(-c2ccc(C(=O)C[C@@H](CN)C(=O)N(C)[C@@H]3C(=O)C[C@@H](C)C(=O)N[C@H](C(=O)C[C@@H](C)B4O[C@@H]5C[C@@H]6C[C@@H](C6(C)C)[C@]5(C)O4)Cc4ccc(OCCN)c(c4)-c4cc3ccc4OCCN)cc2)cc1. The van der Waals surface area contributed by atoms with Crippen LogP contribution in [0, 0.1) is 29.1 Å². The molecule has 0 unspecified atom stereocenters. The van der Waals surface area contributed by atoms with Crippen LogP contribution in [-0.4, -0.2) is 98.8 Å². The molecule has 2 heterocycles. The third kappa shape index (κ3) is 11.8. The van der Waals surface area contributed by atoms with Crippen LogP contribution in [0.3, 0.4) is 0 Å². The largest absolute Gasteiger partial charge is 0.492 e. The van der Waals surface area contributed by atoms with Gasteiger partial charge in [0.1, 0.15) is 30.8 Å². The van der Waals surface area contributed by atoms with Crippen molar-refractivity contribution >= 4 is 36.3 Å². The van der Waals surface area contributed by atoms with Gasteiger partial charge in [0.15, 0.2) is 17.3 Å². The fourth-order valence-electron chi connectivity index (χ4n) is 12.2. The second-order valence-corrected chi connectivity index (χ2v) is 22.5. The van der Waals surface area contributed by atoms with Gasteiger partial charge in [0, 0.05) is 68.6 Å². The number of carbonyl (C=O) groups excluding carboxylic acids is 5. The number of rotatable bonds is 20. The molecule has 3 saturated carbocycles. The summed E-state index contributed by atoms with van der Waals surface area (Å²) in [4.78, 5) is 73.9. The van der Waals surface area contributed by atoms with Crippen LogP contribution in [0.4, 0.5) is 0 Å². The summed E-state index contributed by atoms with van der Waals surface area (Å²) in [7, 11) is 0.939. The van der Waals surface area contributed by atoms with Gasteiger partial charge in [-0.15, -0.1) is 0 Å². The van der Waals surface area contributed by atoms with Crippen LogP contribution in [-0.2, 0) is 41.3 Å². The first-order valence-corrected chi connectivity index (χ1v) is 27.2. The number of hydrogen-bond acceptors (Lipinski definition) is 12. The molecule has 5 aliphatic rings. The minimum absolute atomic E-state index is 0.0469. The molecule has 2 amide bonds. The second-order valence-electron chi connectivity index (χ2n) is 22.5. The van der Waals surface area contributed by atoms with Crippen molar-refractivity contribution in [2.75, 3.05) is 39.9 Å². The highest BCUT2D eigenvalue weighted by molar-refractivity contribution is 6.47. The maximum atomic E-state index is 15.0. The van der Waals surface area contributed by atoms with E-state index < -0.39 is 54.2 Å². The van der Waals surface area contributed by atoms with Crippen LogP contribution in [0.15, 0.2) is 84.9 Å². The molecular formula is C60H78BN5O9. The number of ether oxygens (including phenoxy) is 2. The highest BCUT2D eigenvalue weighted by Gasteiger charge is 2.68. The van der Waals surface area contributed by atoms with Crippen molar-refractivity contribution in [3.8, 4) is 33.8 Å². The molecule has 75 heavy (non-hydrogen) atoms. The standard InChI is InChI=1S/C60H78BN5O9/c1-8-9-10-38-11-14-40(15-12-38)41-16-18-42(19-17-41)49(67)32-44(35-64)58(71)66(7)56-43-20-22-53(73-26-24-63)47(31-43)46-29-39(13-21-52(46)72-25-23-62)30-48(65-57(70)36(2)27-51(56)69)50(68)28-37(3)61-74-55-34-45-33-54(59(45,4)5)60(55,6)75-61/h11-22,29,31,36-37,44-45,48,54-56H,8-10,23-28,30,32-35,62-64H2,1-7H3,(H,65,70)/t36-,37-,44+,45+,48+,54+,55-,56+,60+/m1/s1. The van der Waals surface area contributed by atoms with Gasteiger partial charge in [-0.05, 0) is 114 Å². The predicted octanol–water partition coefficient (Wildman–Crippen LogP) is 8.10. The number of amides is 2. The van der Waals surface area contributed by atoms with E-state index in [4.69, 9.17) is 36.0 Å². The predicted molar refractivity (Wildman–Crippen MR) is 292 cm³/mol. The van der Waals surface area contributed by atoms with Gasteiger partial charge < -0.3 is 46.2 Å². The first-order valence-electron chi connectivity index (χ1n) is 27.2. The number of likely N-dealkylation sites (N-methyl/N-ethyl adjacent to an activating group) is 1. The molecule has 4 fully saturated rings. The number of fused-ring (bicyclic) bond motifs is 5. The number of nitrogens with one attached hydrogen (secondary N) is 1. The van der Waals surface area contributed by atoms with Gasteiger partial charge in [-0.3, -0.25) is 24.0 Å². The Labute approximate surface area is 443 Å². The highest BCUT2D eigenvalue weighted by atomic mass is 16.7. The summed E-state index contributed by atoms with van der Waals surface area (Å²) >= 11 is 0. The number of Topliss-reactive ketones (excluding diaryl/α,β-unsaturated/α-hetero) is 3. The van der Waals surface area contributed by atoms with Gasteiger partial charge in [-0.2, -0.15) is 0 Å². The van der Waals surface area contributed by atoms with E-state index in [0.29, 0.717) is 45.6 Å². The molecule has 1 saturated heterocycles. The summed E-state index contributed by atoms with van der Waals surface area (Å²) in [6.45, 7) is 13.2. The first kappa shape index (κ1) is 55.5.